The quantitative estimate of drug-likeness (QED) is 0.860. The Labute approximate surface area is 124 Å². The lowest BCUT2D eigenvalue weighted by Crippen LogP contribution is -2.49. The van der Waals surface area contributed by atoms with Crippen LogP contribution >= 0.6 is 0 Å². The van der Waals surface area contributed by atoms with E-state index < -0.39 is 17.5 Å². The van der Waals surface area contributed by atoms with Crippen molar-refractivity contribution in [2.45, 2.75) is 51.7 Å². The van der Waals surface area contributed by atoms with Gasteiger partial charge in [-0.1, -0.05) is 0 Å². The molecule has 2 nitrogen and oxygen atoms in total. The van der Waals surface area contributed by atoms with Gasteiger partial charge in [-0.15, -0.1) is 0 Å². The summed E-state index contributed by atoms with van der Waals surface area (Å²) in [4.78, 5) is 2.43. The summed E-state index contributed by atoms with van der Waals surface area (Å²) >= 11 is 0. The minimum atomic E-state index is -1.41. The Morgan fingerprint density at radius 1 is 1.10 bits per heavy atom. The van der Waals surface area contributed by atoms with E-state index in [1.165, 1.54) is 0 Å². The van der Waals surface area contributed by atoms with E-state index in [1.807, 2.05) is 0 Å². The topological polar surface area (TPSA) is 15.3 Å². The molecule has 0 amide bonds. The zero-order valence-electron chi connectivity index (χ0n) is 12.8. The molecule has 5 heteroatoms. The monoisotopic (exact) mass is 300 g/mol. The number of likely N-dealkylation sites (tertiary alicyclic amines) is 1. The standard InChI is InChI=1S/C16H23F3N2/c1-16(2,3)21-6-4-12(5-7-21)20-10-11-8-13(17)15(19)14(18)9-11/h8-9,12,20H,4-7,10H2,1-3H3. The van der Waals surface area contributed by atoms with E-state index in [2.05, 4.69) is 31.0 Å². The van der Waals surface area contributed by atoms with Gasteiger partial charge in [-0.3, -0.25) is 4.90 Å². The fraction of sp³-hybridized carbons (Fsp3) is 0.625. The van der Waals surface area contributed by atoms with Crippen molar-refractivity contribution in [1.29, 1.82) is 0 Å². The van der Waals surface area contributed by atoms with E-state index in [0.717, 1.165) is 38.1 Å². The van der Waals surface area contributed by atoms with Gasteiger partial charge >= 0.3 is 0 Å². The molecular formula is C16H23F3N2. The second kappa shape index (κ2) is 6.36. The molecule has 0 spiro atoms. The maximum atomic E-state index is 13.1. The van der Waals surface area contributed by atoms with E-state index in [-0.39, 0.29) is 5.54 Å². The van der Waals surface area contributed by atoms with Gasteiger partial charge in [-0.25, -0.2) is 13.2 Å². The molecular weight excluding hydrogens is 277 g/mol. The van der Waals surface area contributed by atoms with Crippen LogP contribution in [0.5, 0.6) is 0 Å². The minimum Gasteiger partial charge on any atom is -0.310 e. The molecule has 118 valence electrons. The van der Waals surface area contributed by atoms with Crippen LogP contribution in [0, 0.1) is 17.5 Å². The van der Waals surface area contributed by atoms with Gasteiger partial charge in [0.1, 0.15) is 0 Å². The normalized spacial score (nSPS) is 18.2. The highest BCUT2D eigenvalue weighted by Gasteiger charge is 2.26. The van der Waals surface area contributed by atoms with Crippen molar-refractivity contribution in [2.75, 3.05) is 13.1 Å². The molecule has 0 aromatic heterocycles. The molecule has 1 aromatic rings. The van der Waals surface area contributed by atoms with E-state index in [1.54, 1.807) is 0 Å². The van der Waals surface area contributed by atoms with E-state index in [0.29, 0.717) is 18.2 Å². The Morgan fingerprint density at radius 3 is 2.10 bits per heavy atom. The van der Waals surface area contributed by atoms with E-state index >= 15 is 0 Å². The molecule has 2 rings (SSSR count). The summed E-state index contributed by atoms with van der Waals surface area (Å²) in [6.45, 7) is 8.97. The van der Waals surface area contributed by atoms with Crippen LogP contribution in [0.15, 0.2) is 12.1 Å². The van der Waals surface area contributed by atoms with Crippen molar-refractivity contribution in [3.05, 3.63) is 35.1 Å². The molecule has 1 aliphatic heterocycles. The molecule has 0 atom stereocenters. The largest absolute Gasteiger partial charge is 0.310 e. The first kappa shape index (κ1) is 16.3. The van der Waals surface area contributed by atoms with Crippen molar-refractivity contribution in [3.63, 3.8) is 0 Å². The molecule has 1 saturated heterocycles. The first-order chi connectivity index (χ1) is 9.77. The first-order valence-corrected chi connectivity index (χ1v) is 7.39. The summed E-state index contributed by atoms with van der Waals surface area (Å²) in [5, 5.41) is 3.30. The maximum absolute atomic E-state index is 13.1. The van der Waals surface area contributed by atoms with Crippen LogP contribution in [0.4, 0.5) is 13.2 Å². The summed E-state index contributed by atoms with van der Waals surface area (Å²) in [7, 11) is 0. The number of nitrogens with zero attached hydrogens (tertiary/aromatic N) is 1. The summed E-state index contributed by atoms with van der Waals surface area (Å²) in [6, 6.07) is 2.44. The van der Waals surface area contributed by atoms with Crippen LogP contribution in [-0.4, -0.2) is 29.6 Å². The van der Waals surface area contributed by atoms with E-state index in [4.69, 9.17) is 0 Å². The molecule has 1 aliphatic rings. The molecule has 0 saturated carbocycles. The number of halogens is 3. The highest BCUT2D eigenvalue weighted by Crippen LogP contribution is 2.20. The molecule has 1 heterocycles. The summed E-state index contributed by atoms with van der Waals surface area (Å²) in [6.07, 6.45) is 2.01. The Hall–Kier alpha value is -1.07. The number of hydrogen-bond donors (Lipinski definition) is 1. The number of nitrogens with one attached hydrogen (secondary N) is 1. The average molecular weight is 300 g/mol. The first-order valence-electron chi connectivity index (χ1n) is 7.39. The fourth-order valence-electron chi connectivity index (χ4n) is 2.73. The van der Waals surface area contributed by atoms with Crippen LogP contribution < -0.4 is 5.32 Å². The van der Waals surface area contributed by atoms with Gasteiger partial charge in [0.05, 0.1) is 0 Å². The van der Waals surface area contributed by atoms with Crippen LogP contribution in [0.2, 0.25) is 0 Å². The van der Waals surface area contributed by atoms with Gasteiger partial charge in [0, 0.05) is 31.2 Å². The molecule has 1 aromatic carbocycles. The zero-order chi connectivity index (χ0) is 15.6. The number of piperidine rings is 1. The van der Waals surface area contributed by atoms with Gasteiger partial charge in [0.25, 0.3) is 0 Å². The Kier molecular flexibility index (Phi) is 4.94. The molecule has 1 fully saturated rings. The third kappa shape index (κ3) is 4.20. The Bertz CT molecular complexity index is 466. The lowest BCUT2D eigenvalue weighted by molar-refractivity contribution is 0.0960. The minimum absolute atomic E-state index is 0.175. The summed E-state index contributed by atoms with van der Waals surface area (Å²) < 4.78 is 39.2. The highest BCUT2D eigenvalue weighted by molar-refractivity contribution is 5.19. The lowest BCUT2D eigenvalue weighted by Gasteiger charge is -2.41. The van der Waals surface area contributed by atoms with Gasteiger partial charge < -0.3 is 5.32 Å². The Morgan fingerprint density at radius 2 is 1.62 bits per heavy atom. The summed E-state index contributed by atoms with van der Waals surface area (Å²) in [5.74, 6) is -3.67. The third-order valence-corrected chi connectivity index (χ3v) is 4.08. The molecule has 1 N–H and O–H groups in total. The molecule has 0 aliphatic carbocycles. The zero-order valence-corrected chi connectivity index (χ0v) is 12.8. The Balaban J connectivity index is 1.85. The van der Waals surface area contributed by atoms with Crippen LogP contribution in [0.1, 0.15) is 39.2 Å². The second-order valence-electron chi connectivity index (χ2n) is 6.69. The third-order valence-electron chi connectivity index (χ3n) is 4.08. The van der Waals surface area contributed by atoms with Crippen LogP contribution in [0.25, 0.3) is 0 Å². The maximum Gasteiger partial charge on any atom is 0.194 e. The predicted molar refractivity (Wildman–Crippen MR) is 77.5 cm³/mol. The number of benzene rings is 1. The number of rotatable bonds is 3. The van der Waals surface area contributed by atoms with Crippen molar-refractivity contribution in [2.24, 2.45) is 0 Å². The van der Waals surface area contributed by atoms with Gasteiger partial charge in [0.2, 0.25) is 0 Å². The van der Waals surface area contributed by atoms with Gasteiger partial charge in [0.15, 0.2) is 17.5 Å². The lowest BCUT2D eigenvalue weighted by atomic mass is 9.98. The summed E-state index contributed by atoms with van der Waals surface area (Å²) in [5.41, 5.74) is 0.610. The smallest absolute Gasteiger partial charge is 0.194 e. The van der Waals surface area contributed by atoms with E-state index in [9.17, 15) is 13.2 Å². The fourth-order valence-corrected chi connectivity index (χ4v) is 2.73. The number of hydrogen-bond acceptors (Lipinski definition) is 2. The van der Waals surface area contributed by atoms with Crippen molar-refractivity contribution in [1.82, 2.24) is 10.2 Å². The molecule has 21 heavy (non-hydrogen) atoms. The molecule has 0 unspecified atom stereocenters. The van der Waals surface area contributed by atoms with Gasteiger partial charge in [-0.05, 0) is 51.3 Å². The highest BCUT2D eigenvalue weighted by atomic mass is 19.2. The SMILES string of the molecule is CC(C)(C)N1CCC(NCc2cc(F)c(F)c(F)c2)CC1. The van der Waals surface area contributed by atoms with Crippen molar-refractivity contribution >= 4 is 0 Å². The van der Waals surface area contributed by atoms with Crippen molar-refractivity contribution in [3.8, 4) is 0 Å². The molecule has 0 radical (unpaired) electrons. The van der Waals surface area contributed by atoms with Gasteiger partial charge in [-0.2, -0.15) is 0 Å². The predicted octanol–water partition coefficient (Wildman–Crippen LogP) is 3.46. The average Bonchev–Trinajstić information content (AvgIpc) is 2.42. The van der Waals surface area contributed by atoms with Crippen molar-refractivity contribution < 1.29 is 13.2 Å². The molecule has 0 bridgehead atoms. The second-order valence-corrected chi connectivity index (χ2v) is 6.69. The van der Waals surface area contributed by atoms with Crippen LogP contribution in [-0.2, 0) is 6.54 Å². The van der Waals surface area contributed by atoms with Crippen LogP contribution in [0.3, 0.4) is 0 Å².